The van der Waals surface area contributed by atoms with Gasteiger partial charge >= 0.3 is 17.1 Å². The standard InChI is InChI=1S/3C5H11O.Fe/c3*1-2-3-4-5-6;/h3*2-5H2,1H3;/q3*-1;+3. The Bertz CT molecular complexity index is 72.4. The molecule has 0 spiro atoms. The summed E-state index contributed by atoms with van der Waals surface area (Å²) in [5.74, 6) is 0. The second-order valence-electron chi connectivity index (χ2n) is 4.23. The quantitative estimate of drug-likeness (QED) is 0.479. The van der Waals surface area contributed by atoms with Crippen molar-refractivity contribution in [3.63, 3.8) is 0 Å². The first-order valence-electron chi connectivity index (χ1n) is 7.49. The first kappa shape index (κ1) is 27.7. The summed E-state index contributed by atoms with van der Waals surface area (Å²) < 4.78 is 0. The second-order valence-corrected chi connectivity index (χ2v) is 4.23. The molecule has 0 fully saturated rings. The van der Waals surface area contributed by atoms with Crippen LogP contribution in [0.1, 0.15) is 78.6 Å². The zero-order valence-electron chi connectivity index (χ0n) is 13.1. The molecule has 0 aromatic carbocycles. The predicted molar refractivity (Wildman–Crippen MR) is 73.2 cm³/mol. The molecule has 0 bridgehead atoms. The Kier molecular flexibility index (Phi) is 52.8. The van der Waals surface area contributed by atoms with Crippen molar-refractivity contribution in [2.24, 2.45) is 0 Å². The van der Waals surface area contributed by atoms with Gasteiger partial charge in [0.15, 0.2) is 0 Å². The molecular formula is C15H33FeO3. The van der Waals surface area contributed by atoms with Crippen LogP contribution in [-0.2, 0) is 17.1 Å². The van der Waals surface area contributed by atoms with Crippen LogP contribution in [-0.4, -0.2) is 19.8 Å². The maximum Gasteiger partial charge on any atom is 3.00 e. The van der Waals surface area contributed by atoms with Crippen molar-refractivity contribution in [2.75, 3.05) is 19.8 Å². The molecule has 4 heteroatoms. The van der Waals surface area contributed by atoms with E-state index in [0.29, 0.717) is 0 Å². The van der Waals surface area contributed by atoms with Gasteiger partial charge in [-0.05, 0) is 0 Å². The van der Waals surface area contributed by atoms with Crippen LogP contribution in [0.3, 0.4) is 0 Å². The summed E-state index contributed by atoms with van der Waals surface area (Å²) in [6.07, 6.45) is 9.34. The third kappa shape index (κ3) is 56.0. The Morgan fingerprint density at radius 2 is 0.684 bits per heavy atom. The Balaban J connectivity index is -0.0000000865. The molecule has 0 aromatic rings. The maximum atomic E-state index is 9.69. The van der Waals surface area contributed by atoms with E-state index in [2.05, 4.69) is 20.8 Å². The number of hydrogen-bond donors (Lipinski definition) is 0. The van der Waals surface area contributed by atoms with Crippen LogP contribution < -0.4 is 15.3 Å². The zero-order chi connectivity index (χ0) is 14.5. The molecule has 19 heavy (non-hydrogen) atoms. The van der Waals surface area contributed by atoms with E-state index in [1.54, 1.807) is 0 Å². The van der Waals surface area contributed by atoms with E-state index in [0.717, 1.165) is 57.8 Å². The van der Waals surface area contributed by atoms with E-state index in [1.165, 1.54) is 0 Å². The fraction of sp³-hybridized carbons (Fsp3) is 1.00. The SMILES string of the molecule is CCCCC[O-].CCCCC[O-].CCCCC[O-].[Fe+3]. The van der Waals surface area contributed by atoms with Gasteiger partial charge in [0, 0.05) is 0 Å². The van der Waals surface area contributed by atoms with Gasteiger partial charge in [-0.2, -0.15) is 0 Å². The Morgan fingerprint density at radius 3 is 0.737 bits per heavy atom. The zero-order valence-corrected chi connectivity index (χ0v) is 14.2. The third-order valence-electron chi connectivity index (χ3n) is 2.24. The first-order valence-corrected chi connectivity index (χ1v) is 7.49. The van der Waals surface area contributed by atoms with E-state index in [1.807, 2.05) is 0 Å². The van der Waals surface area contributed by atoms with Gasteiger partial charge in [0.25, 0.3) is 0 Å². The van der Waals surface area contributed by atoms with E-state index in [4.69, 9.17) is 0 Å². The smallest absolute Gasteiger partial charge is 0.854 e. The fourth-order valence-electron chi connectivity index (χ4n) is 1.06. The molecule has 0 aliphatic carbocycles. The molecule has 119 valence electrons. The molecule has 0 unspecified atom stereocenters. The van der Waals surface area contributed by atoms with E-state index < -0.39 is 0 Å². The fourth-order valence-corrected chi connectivity index (χ4v) is 1.06. The summed E-state index contributed by atoms with van der Waals surface area (Å²) in [5.41, 5.74) is 0. The van der Waals surface area contributed by atoms with Gasteiger partial charge in [0.1, 0.15) is 0 Å². The summed E-state index contributed by atoms with van der Waals surface area (Å²) in [6, 6.07) is 0. The predicted octanol–water partition coefficient (Wildman–Crippen LogP) is 1.61. The molecule has 0 amide bonds. The Morgan fingerprint density at radius 1 is 0.474 bits per heavy atom. The topological polar surface area (TPSA) is 69.2 Å². The van der Waals surface area contributed by atoms with Crippen molar-refractivity contribution in [3.05, 3.63) is 0 Å². The summed E-state index contributed by atoms with van der Waals surface area (Å²) in [7, 11) is 0. The van der Waals surface area contributed by atoms with Crippen molar-refractivity contribution in [3.8, 4) is 0 Å². The van der Waals surface area contributed by atoms with Crippen LogP contribution in [0.5, 0.6) is 0 Å². The largest absolute Gasteiger partial charge is 3.00 e. The molecule has 0 heterocycles. The summed E-state index contributed by atoms with van der Waals surface area (Å²) >= 11 is 0. The number of hydrogen-bond acceptors (Lipinski definition) is 3. The van der Waals surface area contributed by atoms with Crippen molar-refractivity contribution in [1.29, 1.82) is 0 Å². The van der Waals surface area contributed by atoms with E-state index in [9.17, 15) is 15.3 Å². The molecule has 0 N–H and O–H groups in total. The Hall–Kier alpha value is 0.399. The van der Waals surface area contributed by atoms with Gasteiger partial charge in [0.05, 0.1) is 0 Å². The second kappa shape index (κ2) is 36.2. The molecule has 0 aliphatic heterocycles. The van der Waals surface area contributed by atoms with Gasteiger partial charge in [-0.15, -0.1) is 19.8 Å². The molecule has 0 atom stereocenters. The molecule has 0 aliphatic rings. The van der Waals surface area contributed by atoms with Gasteiger partial charge in [-0.1, -0.05) is 78.6 Å². The van der Waals surface area contributed by atoms with Gasteiger partial charge < -0.3 is 15.3 Å². The molecule has 0 saturated heterocycles. The van der Waals surface area contributed by atoms with Crippen LogP contribution in [0, 0.1) is 0 Å². The normalized spacial score (nSPS) is 8.53. The van der Waals surface area contributed by atoms with Crippen molar-refractivity contribution < 1.29 is 32.4 Å². The summed E-state index contributed by atoms with van der Waals surface area (Å²) in [4.78, 5) is 0. The van der Waals surface area contributed by atoms with E-state index in [-0.39, 0.29) is 36.9 Å². The van der Waals surface area contributed by atoms with Gasteiger partial charge in [0.2, 0.25) is 0 Å². The monoisotopic (exact) mass is 317 g/mol. The summed E-state index contributed by atoms with van der Waals surface area (Å²) in [6.45, 7) is 6.59. The summed E-state index contributed by atoms with van der Waals surface area (Å²) in [5, 5.41) is 29.1. The van der Waals surface area contributed by atoms with Crippen LogP contribution in [0.2, 0.25) is 0 Å². The molecule has 3 nitrogen and oxygen atoms in total. The minimum atomic E-state index is 0. The Labute approximate surface area is 131 Å². The average molecular weight is 317 g/mol. The average Bonchev–Trinajstić information content (AvgIpc) is 2.42. The van der Waals surface area contributed by atoms with Crippen LogP contribution in [0.15, 0.2) is 0 Å². The maximum absolute atomic E-state index is 9.69. The van der Waals surface area contributed by atoms with Gasteiger partial charge in [-0.25, -0.2) is 0 Å². The van der Waals surface area contributed by atoms with Crippen LogP contribution in [0.4, 0.5) is 0 Å². The molecule has 0 saturated carbocycles. The van der Waals surface area contributed by atoms with Crippen molar-refractivity contribution >= 4 is 0 Å². The minimum Gasteiger partial charge on any atom is -0.854 e. The number of unbranched alkanes of at least 4 members (excludes halogenated alkanes) is 6. The number of rotatable bonds is 9. The molecule has 0 aromatic heterocycles. The molecular weight excluding hydrogens is 284 g/mol. The van der Waals surface area contributed by atoms with Gasteiger partial charge in [-0.3, -0.25) is 0 Å². The third-order valence-corrected chi connectivity index (χ3v) is 2.24. The van der Waals surface area contributed by atoms with Crippen LogP contribution >= 0.6 is 0 Å². The van der Waals surface area contributed by atoms with Crippen molar-refractivity contribution in [2.45, 2.75) is 78.6 Å². The molecule has 0 rings (SSSR count). The van der Waals surface area contributed by atoms with E-state index >= 15 is 0 Å². The molecule has 1 radical (unpaired) electrons. The van der Waals surface area contributed by atoms with Crippen molar-refractivity contribution in [1.82, 2.24) is 0 Å². The van der Waals surface area contributed by atoms with Crippen LogP contribution in [0.25, 0.3) is 0 Å². The first-order chi connectivity index (χ1) is 8.74. The minimum absolute atomic E-state index is 0.